The molecule has 0 aliphatic rings. The van der Waals surface area contributed by atoms with Gasteiger partial charge >= 0.3 is 5.69 Å². The molecule has 0 bridgehead atoms. The lowest BCUT2D eigenvalue weighted by molar-refractivity contribution is -0.116. The second-order valence-corrected chi connectivity index (χ2v) is 5.21. The zero-order valence-electron chi connectivity index (χ0n) is 13.0. The van der Waals surface area contributed by atoms with Crippen LogP contribution >= 0.6 is 0 Å². The summed E-state index contributed by atoms with van der Waals surface area (Å²) in [4.78, 5) is 39.7. The van der Waals surface area contributed by atoms with Crippen molar-refractivity contribution in [2.45, 2.75) is 27.3 Å². The van der Waals surface area contributed by atoms with Crippen molar-refractivity contribution in [3.63, 3.8) is 0 Å². The summed E-state index contributed by atoms with van der Waals surface area (Å²) < 4.78 is 2.14. The number of aromatic nitrogens is 3. The van der Waals surface area contributed by atoms with Crippen LogP contribution in [0.15, 0.2) is 27.9 Å². The first kappa shape index (κ1) is 15.7. The van der Waals surface area contributed by atoms with Crippen LogP contribution < -0.4 is 16.6 Å². The lowest BCUT2D eigenvalue weighted by Crippen LogP contribution is -2.39. The van der Waals surface area contributed by atoms with Gasteiger partial charge in [0, 0.05) is 25.0 Å². The number of pyridine rings is 1. The molecule has 7 heteroatoms. The Kier molecular flexibility index (Phi) is 4.25. The van der Waals surface area contributed by atoms with Crippen molar-refractivity contribution in [2.75, 3.05) is 5.32 Å². The number of nitrogens with one attached hydrogen (secondary N) is 1. The maximum absolute atomic E-state index is 12.1. The first-order chi connectivity index (χ1) is 10.3. The van der Waals surface area contributed by atoms with Crippen LogP contribution in [0.1, 0.15) is 17.0 Å². The average Bonchev–Trinajstić information content (AvgIpc) is 2.43. The predicted molar refractivity (Wildman–Crippen MR) is 83.0 cm³/mol. The molecule has 0 aliphatic heterocycles. The number of anilines is 1. The van der Waals surface area contributed by atoms with E-state index >= 15 is 0 Å². The van der Waals surface area contributed by atoms with E-state index in [9.17, 15) is 14.4 Å². The molecule has 2 heterocycles. The fourth-order valence-corrected chi connectivity index (χ4v) is 2.28. The molecule has 2 aromatic heterocycles. The van der Waals surface area contributed by atoms with Gasteiger partial charge in [0.25, 0.3) is 5.56 Å². The number of carbonyl (C=O) groups is 1. The van der Waals surface area contributed by atoms with Crippen molar-refractivity contribution >= 4 is 11.6 Å². The van der Waals surface area contributed by atoms with Gasteiger partial charge in [-0.3, -0.25) is 23.7 Å². The highest BCUT2D eigenvalue weighted by Crippen LogP contribution is 2.18. The van der Waals surface area contributed by atoms with Gasteiger partial charge in [-0.1, -0.05) is 0 Å². The summed E-state index contributed by atoms with van der Waals surface area (Å²) in [5.74, 6) is -0.349. The number of hydrogen-bond donors (Lipinski definition) is 1. The average molecular weight is 302 g/mol. The second-order valence-electron chi connectivity index (χ2n) is 5.21. The highest BCUT2D eigenvalue weighted by Gasteiger charge is 2.11. The zero-order chi connectivity index (χ0) is 16.4. The van der Waals surface area contributed by atoms with Crippen LogP contribution in [0, 0.1) is 20.8 Å². The summed E-state index contributed by atoms with van der Waals surface area (Å²) in [6, 6.07) is 3.12. The number of nitrogens with zero attached hydrogens (tertiary/aromatic N) is 3. The van der Waals surface area contributed by atoms with Gasteiger partial charge in [-0.15, -0.1) is 0 Å². The lowest BCUT2D eigenvalue weighted by atomic mass is 10.1. The SMILES string of the molecule is Cc1cc(C)c(NC(=O)Cn2ccc(=O)n(C)c2=O)c(C)n1. The third-order valence-corrected chi connectivity index (χ3v) is 3.36. The topological polar surface area (TPSA) is 86.0 Å². The van der Waals surface area contributed by atoms with Gasteiger partial charge in [0.1, 0.15) is 6.54 Å². The van der Waals surface area contributed by atoms with E-state index in [0.29, 0.717) is 5.69 Å². The van der Waals surface area contributed by atoms with Crippen LogP contribution in [0.4, 0.5) is 5.69 Å². The number of carbonyl (C=O) groups excluding carboxylic acids is 1. The molecule has 0 aromatic carbocycles. The first-order valence-electron chi connectivity index (χ1n) is 6.80. The van der Waals surface area contributed by atoms with E-state index in [1.807, 2.05) is 26.8 Å². The third kappa shape index (κ3) is 3.13. The minimum atomic E-state index is -0.530. The predicted octanol–water partition coefficient (Wildman–Crippen LogP) is 0.506. The van der Waals surface area contributed by atoms with Crippen LogP contribution in [-0.4, -0.2) is 20.0 Å². The molecular formula is C15H18N4O3. The quantitative estimate of drug-likeness (QED) is 0.895. The van der Waals surface area contributed by atoms with Crippen LogP contribution in [0.2, 0.25) is 0 Å². The van der Waals surface area contributed by atoms with Crippen molar-refractivity contribution in [1.82, 2.24) is 14.1 Å². The molecule has 0 atom stereocenters. The van der Waals surface area contributed by atoms with Crippen LogP contribution in [-0.2, 0) is 18.4 Å². The number of rotatable bonds is 3. The van der Waals surface area contributed by atoms with Crippen molar-refractivity contribution in [2.24, 2.45) is 7.05 Å². The molecule has 2 rings (SSSR count). The molecule has 0 spiro atoms. The molecule has 0 saturated heterocycles. The third-order valence-electron chi connectivity index (χ3n) is 3.36. The molecule has 22 heavy (non-hydrogen) atoms. The molecule has 1 N–H and O–H groups in total. The van der Waals surface area contributed by atoms with Crippen LogP contribution in [0.25, 0.3) is 0 Å². The number of hydrogen-bond acceptors (Lipinski definition) is 4. The summed E-state index contributed by atoms with van der Waals surface area (Å²) in [5, 5.41) is 2.77. The zero-order valence-corrected chi connectivity index (χ0v) is 13.0. The Labute approximate surface area is 127 Å². The highest BCUT2D eigenvalue weighted by atomic mass is 16.2. The minimum Gasteiger partial charge on any atom is -0.323 e. The Balaban J connectivity index is 2.23. The molecule has 116 valence electrons. The van der Waals surface area contributed by atoms with Gasteiger partial charge in [0.2, 0.25) is 5.91 Å². The molecule has 2 aromatic rings. The molecule has 7 nitrogen and oxygen atoms in total. The highest BCUT2D eigenvalue weighted by molar-refractivity contribution is 5.91. The van der Waals surface area contributed by atoms with Gasteiger partial charge in [0.15, 0.2) is 0 Å². The van der Waals surface area contributed by atoms with E-state index in [-0.39, 0.29) is 12.5 Å². The van der Waals surface area contributed by atoms with Crippen molar-refractivity contribution in [3.05, 3.63) is 56.1 Å². The molecule has 0 fully saturated rings. The maximum atomic E-state index is 12.1. The molecule has 0 aliphatic carbocycles. The van der Waals surface area contributed by atoms with E-state index in [4.69, 9.17) is 0 Å². The Morgan fingerprint density at radius 2 is 1.95 bits per heavy atom. The molecule has 0 unspecified atom stereocenters. The first-order valence-corrected chi connectivity index (χ1v) is 6.80. The van der Waals surface area contributed by atoms with E-state index in [1.165, 1.54) is 23.9 Å². The van der Waals surface area contributed by atoms with E-state index in [0.717, 1.165) is 21.5 Å². The Morgan fingerprint density at radius 1 is 1.27 bits per heavy atom. The normalized spacial score (nSPS) is 10.5. The molecular weight excluding hydrogens is 284 g/mol. The fourth-order valence-electron chi connectivity index (χ4n) is 2.28. The minimum absolute atomic E-state index is 0.167. The van der Waals surface area contributed by atoms with Crippen LogP contribution in [0.3, 0.4) is 0 Å². The number of amides is 1. The standard InChI is InChI=1S/C15H18N4O3/c1-9-7-10(2)16-11(3)14(9)17-12(20)8-19-6-5-13(21)18(4)15(19)22/h5-7H,8H2,1-4H3,(H,17,20). The van der Waals surface area contributed by atoms with E-state index in [2.05, 4.69) is 10.3 Å². The van der Waals surface area contributed by atoms with Gasteiger partial charge < -0.3 is 5.32 Å². The van der Waals surface area contributed by atoms with Gasteiger partial charge in [-0.25, -0.2) is 4.79 Å². The summed E-state index contributed by atoms with van der Waals surface area (Å²) in [5.41, 5.74) is 2.22. The lowest BCUT2D eigenvalue weighted by Gasteiger charge is -2.13. The molecule has 0 saturated carbocycles. The Hall–Kier alpha value is -2.70. The summed E-state index contributed by atoms with van der Waals surface area (Å²) in [7, 11) is 1.37. The van der Waals surface area contributed by atoms with Gasteiger partial charge in [0.05, 0.1) is 11.4 Å². The maximum Gasteiger partial charge on any atom is 0.331 e. The second kappa shape index (κ2) is 5.97. The van der Waals surface area contributed by atoms with E-state index < -0.39 is 11.2 Å². The number of aryl methyl sites for hydroxylation is 3. The largest absolute Gasteiger partial charge is 0.331 e. The Bertz CT molecular complexity index is 826. The summed E-state index contributed by atoms with van der Waals surface area (Å²) in [6.45, 7) is 5.42. The summed E-state index contributed by atoms with van der Waals surface area (Å²) in [6.07, 6.45) is 1.32. The molecule has 0 radical (unpaired) electrons. The summed E-state index contributed by atoms with van der Waals surface area (Å²) >= 11 is 0. The van der Waals surface area contributed by atoms with Gasteiger partial charge in [-0.05, 0) is 32.4 Å². The van der Waals surface area contributed by atoms with E-state index in [1.54, 1.807) is 0 Å². The smallest absolute Gasteiger partial charge is 0.323 e. The molecule has 1 amide bonds. The van der Waals surface area contributed by atoms with Crippen molar-refractivity contribution in [3.8, 4) is 0 Å². The van der Waals surface area contributed by atoms with Gasteiger partial charge in [-0.2, -0.15) is 0 Å². The van der Waals surface area contributed by atoms with Crippen molar-refractivity contribution < 1.29 is 4.79 Å². The van der Waals surface area contributed by atoms with Crippen molar-refractivity contribution in [1.29, 1.82) is 0 Å². The fraction of sp³-hybridized carbons (Fsp3) is 0.333. The monoisotopic (exact) mass is 302 g/mol. The van der Waals surface area contributed by atoms with Crippen LogP contribution in [0.5, 0.6) is 0 Å². The Morgan fingerprint density at radius 3 is 2.59 bits per heavy atom.